The molecule has 1 aromatic carbocycles. The van der Waals surface area contributed by atoms with Crippen molar-refractivity contribution in [3.63, 3.8) is 0 Å². The van der Waals surface area contributed by atoms with Gasteiger partial charge in [-0.15, -0.1) is 11.3 Å². The van der Waals surface area contributed by atoms with Crippen LogP contribution in [0, 0.1) is 0 Å². The van der Waals surface area contributed by atoms with Gasteiger partial charge in [-0.3, -0.25) is 0 Å². The van der Waals surface area contributed by atoms with Crippen molar-refractivity contribution in [3.8, 4) is 0 Å². The quantitative estimate of drug-likeness (QED) is 0.841. The topological polar surface area (TPSA) is 26.0 Å². The molecule has 0 amide bonds. The second-order valence-corrected chi connectivity index (χ2v) is 6.29. The molecule has 2 rings (SSSR count). The highest BCUT2D eigenvalue weighted by atomic mass is 32.1. The van der Waals surface area contributed by atoms with E-state index in [-0.39, 0.29) is 5.41 Å². The molecular formula is C14H19NS. The van der Waals surface area contributed by atoms with Crippen LogP contribution in [0.5, 0.6) is 0 Å². The molecule has 0 aliphatic heterocycles. The van der Waals surface area contributed by atoms with E-state index < -0.39 is 0 Å². The molecule has 16 heavy (non-hydrogen) atoms. The third-order valence-corrected chi connectivity index (χ3v) is 4.43. The van der Waals surface area contributed by atoms with E-state index in [9.17, 15) is 0 Å². The Labute approximate surface area is 101 Å². The van der Waals surface area contributed by atoms with Gasteiger partial charge in [0, 0.05) is 9.58 Å². The van der Waals surface area contributed by atoms with Gasteiger partial charge in [0.25, 0.3) is 0 Å². The Balaban J connectivity index is 2.57. The minimum atomic E-state index is 0.240. The van der Waals surface area contributed by atoms with Crippen LogP contribution in [0.4, 0.5) is 0 Å². The van der Waals surface area contributed by atoms with Gasteiger partial charge < -0.3 is 5.73 Å². The highest BCUT2D eigenvalue weighted by molar-refractivity contribution is 7.19. The van der Waals surface area contributed by atoms with Crippen LogP contribution >= 0.6 is 11.3 Å². The fourth-order valence-electron chi connectivity index (χ4n) is 1.85. The number of hydrogen-bond donors (Lipinski definition) is 1. The molecule has 0 spiro atoms. The maximum Gasteiger partial charge on any atom is 0.0378 e. The van der Waals surface area contributed by atoms with Gasteiger partial charge in [-0.05, 0) is 35.4 Å². The first-order chi connectivity index (χ1) is 7.52. The molecule has 2 heteroatoms. The maximum absolute atomic E-state index is 5.65. The van der Waals surface area contributed by atoms with Crippen LogP contribution in [0.15, 0.2) is 24.3 Å². The van der Waals surface area contributed by atoms with Gasteiger partial charge >= 0.3 is 0 Å². The molecule has 1 aromatic heterocycles. The minimum absolute atomic E-state index is 0.240. The minimum Gasteiger partial charge on any atom is -0.330 e. The van der Waals surface area contributed by atoms with Crippen LogP contribution in [-0.4, -0.2) is 6.54 Å². The lowest BCUT2D eigenvalue weighted by atomic mass is 9.94. The average Bonchev–Trinajstić information content (AvgIpc) is 2.62. The van der Waals surface area contributed by atoms with Crippen molar-refractivity contribution in [2.75, 3.05) is 6.54 Å². The molecule has 2 aromatic rings. The Morgan fingerprint density at radius 2 is 2.00 bits per heavy atom. The van der Waals surface area contributed by atoms with Crippen LogP contribution < -0.4 is 5.73 Å². The lowest BCUT2D eigenvalue weighted by molar-refractivity contribution is 0.604. The summed E-state index contributed by atoms with van der Waals surface area (Å²) >= 11 is 1.92. The van der Waals surface area contributed by atoms with E-state index in [0.717, 1.165) is 13.0 Å². The molecule has 0 saturated carbocycles. The van der Waals surface area contributed by atoms with Crippen LogP contribution in [-0.2, 0) is 11.8 Å². The molecule has 0 unspecified atom stereocenters. The summed E-state index contributed by atoms with van der Waals surface area (Å²) in [6.45, 7) is 7.52. The molecule has 0 aliphatic rings. The van der Waals surface area contributed by atoms with Gasteiger partial charge in [-0.25, -0.2) is 0 Å². The van der Waals surface area contributed by atoms with Crippen molar-refractivity contribution in [2.45, 2.75) is 32.6 Å². The fourth-order valence-corrected chi connectivity index (χ4v) is 3.10. The van der Waals surface area contributed by atoms with Crippen molar-refractivity contribution in [1.82, 2.24) is 0 Å². The molecule has 0 fully saturated rings. The van der Waals surface area contributed by atoms with Crippen molar-refractivity contribution in [1.29, 1.82) is 0 Å². The Morgan fingerprint density at radius 1 is 1.25 bits per heavy atom. The van der Waals surface area contributed by atoms with E-state index in [1.54, 1.807) is 0 Å². The van der Waals surface area contributed by atoms with Crippen molar-refractivity contribution in [2.24, 2.45) is 5.73 Å². The van der Waals surface area contributed by atoms with Gasteiger partial charge in [0.15, 0.2) is 0 Å². The molecule has 86 valence electrons. The Kier molecular flexibility index (Phi) is 3.04. The van der Waals surface area contributed by atoms with E-state index in [1.165, 1.54) is 20.5 Å². The van der Waals surface area contributed by atoms with Crippen molar-refractivity contribution in [3.05, 3.63) is 34.7 Å². The standard InChI is InChI=1S/C14H19NS/c1-14(2,3)12-9-11-6-4-5-10(7-8-15)13(11)16-12/h4-6,9H,7-8,15H2,1-3H3. The highest BCUT2D eigenvalue weighted by Gasteiger charge is 2.17. The Morgan fingerprint density at radius 3 is 2.62 bits per heavy atom. The molecule has 0 aliphatic carbocycles. The van der Waals surface area contributed by atoms with E-state index in [0.29, 0.717) is 0 Å². The van der Waals surface area contributed by atoms with Crippen LogP contribution in [0.25, 0.3) is 10.1 Å². The highest BCUT2D eigenvalue weighted by Crippen LogP contribution is 2.35. The second kappa shape index (κ2) is 4.19. The van der Waals surface area contributed by atoms with Crippen LogP contribution in [0.2, 0.25) is 0 Å². The summed E-state index contributed by atoms with van der Waals surface area (Å²) in [4.78, 5) is 1.45. The number of thiophene rings is 1. The average molecular weight is 233 g/mol. The number of rotatable bonds is 2. The predicted octanol–water partition coefficient (Wildman–Crippen LogP) is 3.70. The number of nitrogens with two attached hydrogens (primary N) is 1. The summed E-state index contributed by atoms with van der Waals surface area (Å²) in [5, 5.41) is 1.36. The van der Waals surface area contributed by atoms with Crippen molar-refractivity contribution >= 4 is 21.4 Å². The van der Waals surface area contributed by atoms with Crippen LogP contribution in [0.1, 0.15) is 31.2 Å². The summed E-state index contributed by atoms with van der Waals surface area (Å²) in [6.07, 6.45) is 0.974. The SMILES string of the molecule is CC(C)(C)c1cc2cccc(CCN)c2s1. The zero-order valence-electron chi connectivity index (χ0n) is 10.2. The van der Waals surface area contributed by atoms with Gasteiger partial charge in [-0.1, -0.05) is 39.0 Å². The molecule has 2 N–H and O–H groups in total. The lowest BCUT2D eigenvalue weighted by Gasteiger charge is -2.15. The van der Waals surface area contributed by atoms with Gasteiger partial charge in [0.2, 0.25) is 0 Å². The van der Waals surface area contributed by atoms with E-state index in [1.807, 2.05) is 11.3 Å². The first-order valence-electron chi connectivity index (χ1n) is 5.74. The Hall–Kier alpha value is -0.860. The number of benzene rings is 1. The zero-order valence-corrected chi connectivity index (χ0v) is 11.0. The van der Waals surface area contributed by atoms with Gasteiger partial charge in [0.1, 0.15) is 0 Å². The smallest absolute Gasteiger partial charge is 0.0378 e. The zero-order chi connectivity index (χ0) is 11.8. The predicted molar refractivity (Wildman–Crippen MR) is 73.3 cm³/mol. The summed E-state index contributed by atoms with van der Waals surface area (Å²) < 4.78 is 1.41. The molecule has 0 atom stereocenters. The normalized spacial score (nSPS) is 12.2. The summed E-state index contributed by atoms with van der Waals surface area (Å²) in [7, 11) is 0. The van der Waals surface area contributed by atoms with Gasteiger partial charge in [0.05, 0.1) is 0 Å². The first-order valence-corrected chi connectivity index (χ1v) is 6.56. The molecule has 0 bridgehead atoms. The third kappa shape index (κ3) is 2.13. The summed E-state index contributed by atoms with van der Waals surface area (Å²) in [5.41, 5.74) is 7.28. The number of hydrogen-bond acceptors (Lipinski definition) is 2. The maximum atomic E-state index is 5.65. The first kappa shape index (κ1) is 11.6. The van der Waals surface area contributed by atoms with E-state index >= 15 is 0 Å². The molecular weight excluding hydrogens is 214 g/mol. The molecule has 1 heterocycles. The fraction of sp³-hybridized carbons (Fsp3) is 0.429. The van der Waals surface area contributed by atoms with Crippen molar-refractivity contribution < 1.29 is 0 Å². The van der Waals surface area contributed by atoms with E-state index in [4.69, 9.17) is 5.73 Å². The number of fused-ring (bicyclic) bond motifs is 1. The van der Waals surface area contributed by atoms with Crippen LogP contribution in [0.3, 0.4) is 0 Å². The monoisotopic (exact) mass is 233 g/mol. The van der Waals surface area contributed by atoms with E-state index in [2.05, 4.69) is 45.0 Å². The molecule has 1 nitrogen and oxygen atoms in total. The third-order valence-electron chi connectivity index (χ3n) is 2.78. The molecule has 0 radical (unpaired) electrons. The largest absolute Gasteiger partial charge is 0.330 e. The summed E-state index contributed by atoms with van der Waals surface area (Å²) in [6, 6.07) is 8.84. The second-order valence-electron chi connectivity index (χ2n) is 5.23. The van der Waals surface area contributed by atoms with Gasteiger partial charge in [-0.2, -0.15) is 0 Å². The summed E-state index contributed by atoms with van der Waals surface area (Å²) in [5.74, 6) is 0. The lowest BCUT2D eigenvalue weighted by Crippen LogP contribution is -2.07. The Bertz CT molecular complexity index is 491. The molecule has 0 saturated heterocycles.